The maximum absolute atomic E-state index is 13.8. The van der Waals surface area contributed by atoms with Crippen molar-refractivity contribution in [3.63, 3.8) is 0 Å². The Morgan fingerprint density at radius 3 is 1.55 bits per heavy atom. The lowest BCUT2D eigenvalue weighted by Gasteiger charge is -2.37. The molecule has 0 aliphatic rings. The summed E-state index contributed by atoms with van der Waals surface area (Å²) in [6.45, 7) is 14.7. The fourth-order valence-electron chi connectivity index (χ4n) is 4.00. The molecule has 0 saturated heterocycles. The molecule has 0 heterocycles. The monoisotopic (exact) mass is 625 g/mol. The summed E-state index contributed by atoms with van der Waals surface area (Å²) in [5, 5.41) is 12.9. The van der Waals surface area contributed by atoms with E-state index in [1.54, 1.807) is 0 Å². The molecule has 11 heteroatoms. The largest absolute Gasteiger partial charge is 0.390 e. The number of carbonyl (C=O) groups excluding carboxylic acids is 1. The highest BCUT2D eigenvalue weighted by Gasteiger charge is 2.41. The highest BCUT2D eigenvalue weighted by atomic mass is 31.2. The average Bonchev–Trinajstić information content (AvgIpc) is 2.97. The molecule has 0 rings (SSSR count). The predicted molar refractivity (Wildman–Crippen MR) is 168 cm³/mol. The van der Waals surface area contributed by atoms with E-state index in [0.29, 0.717) is 32.8 Å². The Morgan fingerprint density at radius 2 is 1.07 bits per heavy atom. The number of carbonyl (C=O) groups is 1. The first-order valence-corrected chi connectivity index (χ1v) is 18.3. The van der Waals surface area contributed by atoms with Gasteiger partial charge in [0.1, 0.15) is 18.3 Å². The van der Waals surface area contributed by atoms with Crippen molar-refractivity contribution in [2.24, 2.45) is 0 Å². The van der Waals surface area contributed by atoms with E-state index < -0.39 is 32.0 Å². The van der Waals surface area contributed by atoms with Crippen molar-refractivity contribution in [1.29, 1.82) is 0 Å². The van der Waals surface area contributed by atoms with Crippen molar-refractivity contribution < 1.29 is 42.6 Å². The van der Waals surface area contributed by atoms with Gasteiger partial charge in [0.2, 0.25) is 6.41 Å². The summed E-state index contributed by atoms with van der Waals surface area (Å²) in [7, 11) is -3.62. The van der Waals surface area contributed by atoms with Crippen LogP contribution in [0.25, 0.3) is 0 Å². The van der Waals surface area contributed by atoms with Crippen molar-refractivity contribution >= 4 is 14.0 Å². The fourth-order valence-corrected chi connectivity index (χ4v) is 5.76. The van der Waals surface area contributed by atoms with Crippen molar-refractivity contribution in [2.75, 3.05) is 52.3 Å². The molecule has 0 aromatic rings. The van der Waals surface area contributed by atoms with Crippen LogP contribution in [0.2, 0.25) is 0 Å². The lowest BCUT2D eigenvalue weighted by molar-refractivity contribution is -0.207. The first-order chi connectivity index (χ1) is 20.4. The van der Waals surface area contributed by atoms with Gasteiger partial charge < -0.3 is 28.4 Å². The van der Waals surface area contributed by atoms with Gasteiger partial charge in [-0.15, -0.1) is 0 Å². The van der Waals surface area contributed by atoms with Gasteiger partial charge in [0.15, 0.2) is 0 Å². The predicted octanol–water partition coefficient (Wildman–Crippen LogP) is 6.92. The van der Waals surface area contributed by atoms with Gasteiger partial charge in [-0.05, 0) is 38.5 Å². The third-order valence-corrected chi connectivity index (χ3v) is 8.70. The minimum atomic E-state index is -3.62. The van der Waals surface area contributed by atoms with Gasteiger partial charge in [-0.25, -0.2) is 5.06 Å². The van der Waals surface area contributed by atoms with Gasteiger partial charge in [0.05, 0.1) is 38.6 Å². The van der Waals surface area contributed by atoms with E-state index in [-0.39, 0.29) is 25.9 Å². The Balaban J connectivity index is 6.30. The number of hydroxylamine groups is 2. The van der Waals surface area contributed by atoms with Crippen LogP contribution in [0, 0.1) is 0 Å². The number of amides is 1. The minimum Gasteiger partial charge on any atom is -0.390 e. The molecule has 42 heavy (non-hydrogen) atoms. The van der Waals surface area contributed by atoms with Gasteiger partial charge in [-0.1, -0.05) is 80.1 Å². The van der Waals surface area contributed by atoms with E-state index in [0.717, 1.165) is 77.0 Å². The number of aliphatic hydroxyl groups is 1. The molecule has 4 atom stereocenters. The summed E-state index contributed by atoms with van der Waals surface area (Å²) in [6.07, 6.45) is 7.09. The Labute approximate surface area is 257 Å². The van der Waals surface area contributed by atoms with Crippen molar-refractivity contribution in [3.8, 4) is 0 Å². The van der Waals surface area contributed by atoms with Gasteiger partial charge in [-0.3, -0.25) is 14.2 Å². The second kappa shape index (κ2) is 27.9. The molecule has 252 valence electrons. The topological polar surface area (TPSA) is 113 Å². The zero-order valence-electron chi connectivity index (χ0n) is 27.6. The smallest absolute Gasteiger partial charge is 0.333 e. The maximum atomic E-state index is 13.8. The lowest BCUT2D eigenvalue weighted by atomic mass is 10.0. The summed E-state index contributed by atoms with van der Waals surface area (Å²) >= 11 is 0. The number of nitrogens with zero attached hydrogens (tertiary/aromatic N) is 1. The Kier molecular flexibility index (Phi) is 27.5. The minimum absolute atomic E-state index is 0.103. The zero-order valence-corrected chi connectivity index (χ0v) is 28.5. The van der Waals surface area contributed by atoms with Gasteiger partial charge >= 0.3 is 7.60 Å². The van der Waals surface area contributed by atoms with Crippen LogP contribution in [0.15, 0.2) is 0 Å². The van der Waals surface area contributed by atoms with E-state index >= 15 is 0 Å². The van der Waals surface area contributed by atoms with Crippen LogP contribution >= 0.6 is 7.60 Å². The number of ether oxygens (including phenoxy) is 3. The van der Waals surface area contributed by atoms with Crippen molar-refractivity contribution in [3.05, 3.63) is 0 Å². The molecule has 0 radical (unpaired) electrons. The first kappa shape index (κ1) is 41.4. The molecular weight excluding hydrogens is 561 g/mol. The number of unbranched alkanes of at least 4 members (excludes halogenated alkanes) is 6. The molecule has 0 bridgehead atoms. The van der Waals surface area contributed by atoms with Crippen LogP contribution in [-0.4, -0.2) is 93.3 Å². The van der Waals surface area contributed by atoms with Crippen molar-refractivity contribution in [1.82, 2.24) is 5.06 Å². The zero-order chi connectivity index (χ0) is 31.5. The Bertz CT molecular complexity index is 644. The van der Waals surface area contributed by atoms with E-state index in [1.807, 2.05) is 13.8 Å². The second-order valence-corrected chi connectivity index (χ2v) is 12.9. The molecule has 1 unspecified atom stereocenters. The van der Waals surface area contributed by atoms with E-state index in [1.165, 1.54) is 5.06 Å². The van der Waals surface area contributed by atoms with E-state index in [9.17, 15) is 14.5 Å². The first-order valence-electron chi connectivity index (χ1n) is 16.6. The summed E-state index contributed by atoms with van der Waals surface area (Å²) in [5.41, 5.74) is 0. The standard InChI is InChI=1S/C31H64NO9P/c1-7-13-19-36-29(25-32(27-33)39-22-16-10-4)31(38-21-15-9-3)30(37-20-14-8-2)28(34)26-42(35,40-23-17-11-5)41-24-18-12-6/h27-31,34H,7-26H2,1-6H3/t28?,29-,30+,31-/m0/s1. The van der Waals surface area contributed by atoms with E-state index in [2.05, 4.69) is 27.7 Å². The van der Waals surface area contributed by atoms with Crippen LogP contribution in [0.5, 0.6) is 0 Å². The quantitative estimate of drug-likeness (QED) is 0.0368. The molecule has 10 nitrogen and oxygen atoms in total. The molecule has 0 fully saturated rings. The SMILES string of the molecule is CCCCO[C@@H]([C@H](CN(C=O)OCCCC)OCCCC)[C@H](OCCCC)C(O)CP(=O)(OCCCC)OCCCC. The number of hydrogen-bond donors (Lipinski definition) is 1. The van der Waals surface area contributed by atoms with Gasteiger partial charge in [-0.2, -0.15) is 0 Å². The normalized spacial score (nSPS) is 14.9. The average molecular weight is 626 g/mol. The van der Waals surface area contributed by atoms with Crippen LogP contribution in [0.4, 0.5) is 0 Å². The highest BCUT2D eigenvalue weighted by molar-refractivity contribution is 7.53. The maximum Gasteiger partial charge on any atom is 0.333 e. The Morgan fingerprint density at radius 1 is 0.643 bits per heavy atom. The molecule has 0 saturated carbocycles. The number of rotatable bonds is 32. The van der Waals surface area contributed by atoms with Crippen LogP contribution in [0.3, 0.4) is 0 Å². The molecule has 1 N–H and O–H groups in total. The van der Waals surface area contributed by atoms with Crippen LogP contribution in [0.1, 0.15) is 119 Å². The second-order valence-electron chi connectivity index (χ2n) is 10.8. The molecular formula is C31H64NO9P. The Hall–Kier alpha value is -0.580. The third kappa shape index (κ3) is 19.6. The van der Waals surface area contributed by atoms with Gasteiger partial charge in [0.25, 0.3) is 0 Å². The van der Waals surface area contributed by atoms with Crippen LogP contribution in [-0.2, 0) is 37.5 Å². The fraction of sp³-hybridized carbons (Fsp3) is 0.968. The molecule has 1 amide bonds. The summed E-state index contributed by atoms with van der Waals surface area (Å²) in [4.78, 5) is 17.7. The molecule has 0 spiro atoms. The number of hydrogen-bond acceptors (Lipinski definition) is 9. The molecule has 0 aromatic carbocycles. The highest BCUT2D eigenvalue weighted by Crippen LogP contribution is 2.49. The van der Waals surface area contributed by atoms with Crippen molar-refractivity contribution in [2.45, 2.75) is 143 Å². The van der Waals surface area contributed by atoms with Gasteiger partial charge in [0, 0.05) is 19.8 Å². The third-order valence-electron chi connectivity index (χ3n) is 6.73. The molecule has 0 aliphatic heterocycles. The van der Waals surface area contributed by atoms with Crippen LogP contribution < -0.4 is 0 Å². The van der Waals surface area contributed by atoms with E-state index in [4.69, 9.17) is 28.1 Å². The summed E-state index contributed by atoms with van der Waals surface area (Å²) in [5.74, 6) is 0. The molecule has 0 aromatic heterocycles. The summed E-state index contributed by atoms with van der Waals surface area (Å²) in [6, 6.07) is 0. The number of aliphatic hydroxyl groups excluding tert-OH is 1. The molecule has 0 aliphatic carbocycles. The summed E-state index contributed by atoms with van der Waals surface area (Å²) < 4.78 is 44.4. The lowest BCUT2D eigenvalue weighted by Crippen LogP contribution is -2.53.